The Balaban J connectivity index is 2.19. The van der Waals surface area contributed by atoms with Crippen LogP contribution in [0.1, 0.15) is 16.7 Å². The number of allylic oxidation sites excluding steroid dienone is 1. The smallest absolute Gasteiger partial charge is 0.422 e. The molecule has 0 aliphatic rings. The van der Waals surface area contributed by atoms with Crippen LogP contribution in [-0.4, -0.2) is 25.6 Å². The van der Waals surface area contributed by atoms with Crippen molar-refractivity contribution in [3.63, 3.8) is 0 Å². The highest BCUT2D eigenvalue weighted by atomic mass is 19.4. The molecule has 8 heteroatoms. The number of ether oxygens (including phenoxy) is 2. The van der Waals surface area contributed by atoms with Gasteiger partial charge in [0.25, 0.3) is 0 Å². The van der Waals surface area contributed by atoms with E-state index in [0.29, 0.717) is 0 Å². The summed E-state index contributed by atoms with van der Waals surface area (Å²) >= 11 is 0. The zero-order valence-corrected chi connectivity index (χ0v) is 14.9. The molecule has 0 atom stereocenters. The molecule has 0 fully saturated rings. The van der Waals surface area contributed by atoms with Gasteiger partial charge in [-0.2, -0.15) is 26.3 Å². The second kappa shape index (κ2) is 9.03. The summed E-state index contributed by atoms with van der Waals surface area (Å²) in [6.45, 7) is -1.08. The zero-order chi connectivity index (χ0) is 20.8. The lowest BCUT2D eigenvalue weighted by Gasteiger charge is -2.15. The van der Waals surface area contributed by atoms with Crippen LogP contribution in [0, 0.1) is 6.92 Å². The van der Waals surface area contributed by atoms with Gasteiger partial charge in [-0.25, -0.2) is 0 Å². The van der Waals surface area contributed by atoms with Gasteiger partial charge in [-0.3, -0.25) is 0 Å². The fourth-order valence-electron chi connectivity index (χ4n) is 2.36. The van der Waals surface area contributed by atoms with E-state index in [-0.39, 0.29) is 23.5 Å². The van der Waals surface area contributed by atoms with Crippen molar-refractivity contribution in [2.75, 3.05) is 13.2 Å². The van der Waals surface area contributed by atoms with Gasteiger partial charge in [-0.15, -0.1) is 0 Å². The molecule has 2 aromatic carbocycles. The first-order valence-corrected chi connectivity index (χ1v) is 8.28. The van der Waals surface area contributed by atoms with Crippen molar-refractivity contribution in [3.8, 4) is 11.5 Å². The first kappa shape index (κ1) is 21.7. The lowest BCUT2D eigenvalue weighted by Crippen LogP contribution is -2.20. The molecule has 2 rings (SSSR count). The average molecular weight is 404 g/mol. The topological polar surface area (TPSA) is 18.5 Å². The van der Waals surface area contributed by atoms with Gasteiger partial charge in [-0.1, -0.05) is 36.4 Å². The average Bonchev–Trinajstić information content (AvgIpc) is 2.59. The minimum absolute atomic E-state index is 0.0638. The molecule has 2 aromatic rings. The first-order chi connectivity index (χ1) is 13.0. The van der Waals surface area contributed by atoms with E-state index in [9.17, 15) is 26.3 Å². The maximum atomic E-state index is 12.4. The maximum Gasteiger partial charge on any atom is 0.422 e. The molecule has 0 unspecified atom stereocenters. The van der Waals surface area contributed by atoms with Crippen LogP contribution in [0.4, 0.5) is 26.3 Å². The number of aryl methyl sites for hydroxylation is 1. The summed E-state index contributed by atoms with van der Waals surface area (Å²) in [6, 6.07) is 11.1. The van der Waals surface area contributed by atoms with Crippen molar-refractivity contribution in [1.29, 1.82) is 0 Å². The molecule has 0 saturated heterocycles. The molecule has 2 nitrogen and oxygen atoms in total. The lowest BCUT2D eigenvalue weighted by atomic mass is 10.1. The van der Waals surface area contributed by atoms with Crippen molar-refractivity contribution < 1.29 is 35.8 Å². The Kier molecular flexibility index (Phi) is 6.99. The van der Waals surface area contributed by atoms with Crippen LogP contribution in [0.3, 0.4) is 0 Å². The van der Waals surface area contributed by atoms with Crippen LogP contribution >= 0.6 is 0 Å². The SMILES string of the molecule is Cc1ccccc1C=CCc1cc(OCC(F)(F)F)ccc1OCC(F)(F)F. The Morgan fingerprint density at radius 3 is 2.14 bits per heavy atom. The standard InChI is InChI=1S/C20H18F6O2/c1-14-5-2-3-6-15(14)7-4-8-16-11-17(27-12-19(21,22)23)9-10-18(16)28-13-20(24,25)26/h2-7,9-11H,8,12-13H2,1H3. The molecule has 0 spiro atoms. The van der Waals surface area contributed by atoms with Gasteiger partial charge in [0.15, 0.2) is 13.2 Å². The van der Waals surface area contributed by atoms with Gasteiger partial charge in [0.1, 0.15) is 11.5 Å². The lowest BCUT2D eigenvalue weighted by molar-refractivity contribution is -0.154. The van der Waals surface area contributed by atoms with Crippen LogP contribution in [-0.2, 0) is 6.42 Å². The van der Waals surface area contributed by atoms with Crippen molar-refractivity contribution in [3.05, 3.63) is 65.2 Å². The Labute approximate surface area is 158 Å². The summed E-state index contributed by atoms with van der Waals surface area (Å²) in [5.74, 6) is -0.165. The Morgan fingerprint density at radius 1 is 0.857 bits per heavy atom. The van der Waals surface area contributed by atoms with E-state index in [1.165, 1.54) is 12.1 Å². The van der Waals surface area contributed by atoms with E-state index in [0.717, 1.165) is 17.2 Å². The first-order valence-electron chi connectivity index (χ1n) is 8.28. The van der Waals surface area contributed by atoms with E-state index in [4.69, 9.17) is 4.74 Å². The maximum absolute atomic E-state index is 12.4. The largest absolute Gasteiger partial charge is 0.484 e. The van der Waals surface area contributed by atoms with Gasteiger partial charge < -0.3 is 9.47 Å². The van der Waals surface area contributed by atoms with Crippen molar-refractivity contribution in [2.24, 2.45) is 0 Å². The molecule has 0 aliphatic heterocycles. The van der Waals surface area contributed by atoms with Gasteiger partial charge in [0, 0.05) is 5.56 Å². The molecule has 28 heavy (non-hydrogen) atoms. The van der Waals surface area contributed by atoms with E-state index >= 15 is 0 Å². The Morgan fingerprint density at radius 2 is 1.50 bits per heavy atom. The summed E-state index contributed by atoms with van der Waals surface area (Å²) in [5.41, 5.74) is 2.22. The van der Waals surface area contributed by atoms with Crippen LogP contribution < -0.4 is 9.47 Å². The minimum Gasteiger partial charge on any atom is -0.484 e. The van der Waals surface area contributed by atoms with E-state index in [2.05, 4.69) is 4.74 Å². The molecule has 0 saturated carbocycles. The summed E-state index contributed by atoms with van der Waals surface area (Å²) in [7, 11) is 0. The molecule has 0 bridgehead atoms. The van der Waals surface area contributed by atoms with E-state index in [1.54, 1.807) is 12.2 Å². The number of hydrogen-bond acceptors (Lipinski definition) is 2. The van der Waals surface area contributed by atoms with Crippen LogP contribution in [0.2, 0.25) is 0 Å². The normalized spacial score (nSPS) is 12.4. The Hall–Kier alpha value is -2.64. The predicted molar refractivity (Wildman–Crippen MR) is 93.5 cm³/mol. The number of halogens is 6. The summed E-state index contributed by atoms with van der Waals surface area (Å²) in [5, 5.41) is 0. The van der Waals surface area contributed by atoms with E-state index in [1.807, 2.05) is 31.2 Å². The highest BCUT2D eigenvalue weighted by molar-refractivity contribution is 5.54. The highest BCUT2D eigenvalue weighted by Gasteiger charge is 2.30. The van der Waals surface area contributed by atoms with Crippen molar-refractivity contribution >= 4 is 6.08 Å². The van der Waals surface area contributed by atoms with Crippen molar-refractivity contribution in [2.45, 2.75) is 25.7 Å². The quantitative estimate of drug-likeness (QED) is 0.517. The molecule has 152 valence electrons. The van der Waals surface area contributed by atoms with Crippen LogP contribution in [0.15, 0.2) is 48.5 Å². The third-order valence-electron chi connectivity index (χ3n) is 3.65. The molecule has 0 aliphatic carbocycles. The minimum atomic E-state index is -4.53. The van der Waals surface area contributed by atoms with Crippen molar-refractivity contribution in [1.82, 2.24) is 0 Å². The number of alkyl halides is 6. The molecule has 0 N–H and O–H groups in total. The fraction of sp³-hybridized carbons (Fsp3) is 0.300. The van der Waals surface area contributed by atoms with Gasteiger partial charge >= 0.3 is 12.4 Å². The van der Waals surface area contributed by atoms with Gasteiger partial charge in [-0.05, 0) is 42.7 Å². The zero-order valence-electron chi connectivity index (χ0n) is 14.9. The number of rotatable bonds is 7. The Bertz CT molecular complexity index is 809. The molecular weight excluding hydrogens is 386 g/mol. The van der Waals surface area contributed by atoms with Crippen LogP contribution in [0.25, 0.3) is 6.08 Å². The van der Waals surface area contributed by atoms with E-state index < -0.39 is 25.6 Å². The molecule has 0 aromatic heterocycles. The monoisotopic (exact) mass is 404 g/mol. The highest BCUT2D eigenvalue weighted by Crippen LogP contribution is 2.28. The number of hydrogen-bond donors (Lipinski definition) is 0. The summed E-state index contributed by atoms with van der Waals surface area (Å²) in [4.78, 5) is 0. The fourth-order valence-corrected chi connectivity index (χ4v) is 2.36. The molecular formula is C20H18F6O2. The molecule has 0 radical (unpaired) electrons. The molecule has 0 heterocycles. The molecule has 0 amide bonds. The van der Waals surface area contributed by atoms with Gasteiger partial charge in [0.2, 0.25) is 0 Å². The third-order valence-corrected chi connectivity index (χ3v) is 3.65. The predicted octanol–water partition coefficient (Wildman–Crippen LogP) is 6.13. The number of benzene rings is 2. The summed E-state index contributed by atoms with van der Waals surface area (Å²) < 4.78 is 83.7. The summed E-state index contributed by atoms with van der Waals surface area (Å²) in [6.07, 6.45) is -5.40. The second-order valence-corrected chi connectivity index (χ2v) is 6.04. The third kappa shape index (κ3) is 7.54. The second-order valence-electron chi connectivity index (χ2n) is 6.04. The van der Waals surface area contributed by atoms with Crippen LogP contribution in [0.5, 0.6) is 11.5 Å². The van der Waals surface area contributed by atoms with Gasteiger partial charge in [0.05, 0.1) is 0 Å².